The maximum Gasteiger partial charge on any atom is 0.261 e. The number of hydrogen-bond donors (Lipinski definition) is 1. The van der Waals surface area contributed by atoms with E-state index in [4.69, 9.17) is 21.1 Å². The molecule has 6 heteroatoms. The number of carbonyl (C=O) groups excluding carboxylic acids is 1. The first kappa shape index (κ1) is 14.7. The molecule has 1 N–H and O–H groups in total. The van der Waals surface area contributed by atoms with E-state index < -0.39 is 0 Å². The van der Waals surface area contributed by atoms with Crippen molar-refractivity contribution < 1.29 is 14.3 Å². The van der Waals surface area contributed by atoms with Crippen LogP contribution < -0.4 is 14.8 Å². The molecule has 1 heterocycles. The molecule has 4 nitrogen and oxygen atoms in total. The van der Waals surface area contributed by atoms with Crippen LogP contribution in [0.15, 0.2) is 30.3 Å². The number of para-hydroxylation sites is 1. The van der Waals surface area contributed by atoms with E-state index in [1.807, 2.05) is 18.2 Å². The van der Waals surface area contributed by atoms with Gasteiger partial charge in [0.25, 0.3) is 5.91 Å². The lowest BCUT2D eigenvalue weighted by Gasteiger charge is -2.12. The molecule has 0 bridgehead atoms. The van der Waals surface area contributed by atoms with Crippen molar-refractivity contribution in [1.29, 1.82) is 0 Å². The van der Waals surface area contributed by atoms with Crippen molar-refractivity contribution in [3.05, 3.63) is 45.1 Å². The SMILES string of the molecule is COc1cccc(CNC(=O)c2ccc(Cl)s2)c1OC. The number of hydrogen-bond acceptors (Lipinski definition) is 4. The lowest BCUT2D eigenvalue weighted by molar-refractivity contribution is 0.0954. The molecule has 0 saturated carbocycles. The summed E-state index contributed by atoms with van der Waals surface area (Å²) in [5.74, 6) is 1.10. The second-order valence-corrected chi connectivity index (χ2v) is 5.65. The summed E-state index contributed by atoms with van der Waals surface area (Å²) in [7, 11) is 3.15. The van der Waals surface area contributed by atoms with Gasteiger partial charge in [0, 0.05) is 12.1 Å². The molecule has 1 amide bonds. The van der Waals surface area contributed by atoms with Crippen LogP contribution in [0.4, 0.5) is 0 Å². The minimum absolute atomic E-state index is 0.160. The zero-order valence-electron chi connectivity index (χ0n) is 11.1. The first-order valence-electron chi connectivity index (χ1n) is 5.89. The van der Waals surface area contributed by atoms with Crippen LogP contribution in [-0.2, 0) is 6.54 Å². The van der Waals surface area contributed by atoms with Crippen LogP contribution in [0, 0.1) is 0 Å². The fraction of sp³-hybridized carbons (Fsp3) is 0.214. The third-order valence-electron chi connectivity index (χ3n) is 2.72. The summed E-state index contributed by atoms with van der Waals surface area (Å²) in [4.78, 5) is 12.5. The molecule has 106 valence electrons. The van der Waals surface area contributed by atoms with Gasteiger partial charge in [-0.1, -0.05) is 23.7 Å². The van der Waals surface area contributed by atoms with Crippen LogP contribution in [0.5, 0.6) is 11.5 Å². The molecule has 0 aliphatic heterocycles. The van der Waals surface area contributed by atoms with E-state index in [0.717, 1.165) is 5.56 Å². The second-order valence-electron chi connectivity index (χ2n) is 3.94. The molecular weight excluding hydrogens is 298 g/mol. The maximum atomic E-state index is 12.0. The smallest absolute Gasteiger partial charge is 0.261 e. The van der Waals surface area contributed by atoms with Gasteiger partial charge in [0.15, 0.2) is 11.5 Å². The van der Waals surface area contributed by atoms with Crippen LogP contribution in [0.25, 0.3) is 0 Å². The average Bonchev–Trinajstić information content (AvgIpc) is 2.90. The Morgan fingerprint density at radius 2 is 2.05 bits per heavy atom. The van der Waals surface area contributed by atoms with E-state index in [9.17, 15) is 4.79 Å². The zero-order valence-corrected chi connectivity index (χ0v) is 12.7. The Labute approximate surface area is 126 Å². The van der Waals surface area contributed by atoms with Crippen LogP contribution >= 0.6 is 22.9 Å². The van der Waals surface area contributed by atoms with Crippen molar-refractivity contribution in [2.45, 2.75) is 6.54 Å². The molecule has 20 heavy (non-hydrogen) atoms. The van der Waals surface area contributed by atoms with Gasteiger partial charge in [0.2, 0.25) is 0 Å². The van der Waals surface area contributed by atoms with Crippen molar-refractivity contribution in [2.75, 3.05) is 14.2 Å². The van der Waals surface area contributed by atoms with Crippen molar-refractivity contribution in [2.24, 2.45) is 0 Å². The number of thiophene rings is 1. The predicted octanol–water partition coefficient (Wildman–Crippen LogP) is 3.35. The molecule has 0 saturated heterocycles. The molecule has 0 fully saturated rings. The molecule has 2 aromatic rings. The summed E-state index contributed by atoms with van der Waals surface area (Å²) >= 11 is 7.06. The predicted molar refractivity (Wildman–Crippen MR) is 80.0 cm³/mol. The van der Waals surface area contributed by atoms with Crippen LogP contribution in [-0.4, -0.2) is 20.1 Å². The highest BCUT2D eigenvalue weighted by atomic mass is 35.5. The summed E-state index contributed by atoms with van der Waals surface area (Å²) in [5, 5.41) is 2.83. The number of benzene rings is 1. The highest BCUT2D eigenvalue weighted by Crippen LogP contribution is 2.30. The zero-order chi connectivity index (χ0) is 14.5. The molecular formula is C14H14ClNO3S. The van der Waals surface area contributed by atoms with E-state index in [-0.39, 0.29) is 5.91 Å². The standard InChI is InChI=1S/C14H14ClNO3S/c1-18-10-5-3-4-9(13(10)19-2)8-16-14(17)11-6-7-12(15)20-11/h3-7H,8H2,1-2H3,(H,16,17). The van der Waals surface area contributed by atoms with E-state index >= 15 is 0 Å². The van der Waals surface area contributed by atoms with Gasteiger partial charge in [-0.05, 0) is 18.2 Å². The minimum atomic E-state index is -0.160. The average molecular weight is 312 g/mol. The first-order valence-corrected chi connectivity index (χ1v) is 7.08. The highest BCUT2D eigenvalue weighted by molar-refractivity contribution is 7.17. The van der Waals surface area contributed by atoms with Crippen molar-refractivity contribution in [3.63, 3.8) is 0 Å². The number of amides is 1. The lowest BCUT2D eigenvalue weighted by atomic mass is 10.2. The van der Waals surface area contributed by atoms with Gasteiger partial charge in [-0.3, -0.25) is 4.79 Å². The molecule has 2 rings (SSSR count). The number of ether oxygens (including phenoxy) is 2. The fourth-order valence-electron chi connectivity index (χ4n) is 1.79. The normalized spacial score (nSPS) is 10.2. The number of carbonyl (C=O) groups is 1. The van der Waals surface area contributed by atoms with Gasteiger partial charge in [0.1, 0.15) is 0 Å². The van der Waals surface area contributed by atoms with E-state index in [0.29, 0.717) is 27.3 Å². The molecule has 0 spiro atoms. The van der Waals surface area contributed by atoms with Gasteiger partial charge in [-0.2, -0.15) is 0 Å². The first-order chi connectivity index (χ1) is 9.65. The Hall–Kier alpha value is -1.72. The molecule has 0 aliphatic rings. The summed E-state index contributed by atoms with van der Waals surface area (Å²) in [6.07, 6.45) is 0. The fourth-order valence-corrected chi connectivity index (χ4v) is 2.75. The quantitative estimate of drug-likeness (QED) is 0.921. The molecule has 0 atom stereocenters. The second kappa shape index (κ2) is 6.63. The van der Waals surface area contributed by atoms with E-state index in [1.165, 1.54) is 11.3 Å². The summed E-state index contributed by atoms with van der Waals surface area (Å²) in [6, 6.07) is 8.94. The minimum Gasteiger partial charge on any atom is -0.493 e. The van der Waals surface area contributed by atoms with Gasteiger partial charge < -0.3 is 14.8 Å². The molecule has 0 unspecified atom stereocenters. The Morgan fingerprint density at radius 3 is 2.65 bits per heavy atom. The Morgan fingerprint density at radius 1 is 1.25 bits per heavy atom. The van der Waals surface area contributed by atoms with Crippen molar-refractivity contribution in [1.82, 2.24) is 5.32 Å². The van der Waals surface area contributed by atoms with Gasteiger partial charge in [0.05, 0.1) is 23.4 Å². The molecule has 1 aromatic carbocycles. The number of halogens is 1. The topological polar surface area (TPSA) is 47.6 Å². The number of nitrogens with one attached hydrogen (secondary N) is 1. The third kappa shape index (κ3) is 3.23. The molecule has 0 aliphatic carbocycles. The molecule has 1 aromatic heterocycles. The Kier molecular flexibility index (Phi) is 4.87. The number of methoxy groups -OCH3 is 2. The van der Waals surface area contributed by atoms with Gasteiger partial charge in [-0.15, -0.1) is 11.3 Å². The number of rotatable bonds is 5. The van der Waals surface area contributed by atoms with Gasteiger partial charge in [-0.25, -0.2) is 0 Å². The summed E-state index contributed by atoms with van der Waals surface area (Å²) in [5.41, 5.74) is 0.850. The van der Waals surface area contributed by atoms with Crippen LogP contribution in [0.3, 0.4) is 0 Å². The van der Waals surface area contributed by atoms with Crippen LogP contribution in [0.1, 0.15) is 15.2 Å². The Balaban J connectivity index is 2.09. The third-order valence-corrected chi connectivity index (χ3v) is 3.95. The molecule has 0 radical (unpaired) electrons. The monoisotopic (exact) mass is 311 g/mol. The maximum absolute atomic E-state index is 12.0. The summed E-state index contributed by atoms with van der Waals surface area (Å²) < 4.78 is 11.1. The van der Waals surface area contributed by atoms with E-state index in [1.54, 1.807) is 26.4 Å². The van der Waals surface area contributed by atoms with Crippen LogP contribution in [0.2, 0.25) is 4.34 Å². The Bertz CT molecular complexity index is 612. The summed E-state index contributed by atoms with van der Waals surface area (Å²) in [6.45, 7) is 0.356. The van der Waals surface area contributed by atoms with E-state index in [2.05, 4.69) is 5.32 Å². The highest BCUT2D eigenvalue weighted by Gasteiger charge is 2.12. The van der Waals surface area contributed by atoms with Crippen molar-refractivity contribution >= 4 is 28.8 Å². The lowest BCUT2D eigenvalue weighted by Crippen LogP contribution is -2.22. The largest absolute Gasteiger partial charge is 0.493 e. The van der Waals surface area contributed by atoms with Crippen molar-refractivity contribution in [3.8, 4) is 11.5 Å². The van der Waals surface area contributed by atoms with Gasteiger partial charge >= 0.3 is 0 Å².